The van der Waals surface area contributed by atoms with Gasteiger partial charge in [0, 0.05) is 13.1 Å². The first-order valence-corrected chi connectivity index (χ1v) is 7.98. The Balaban J connectivity index is 4.60. The highest BCUT2D eigenvalue weighted by Gasteiger charge is 2.37. The first kappa shape index (κ1) is 18.9. The molecule has 0 aromatic carbocycles. The van der Waals surface area contributed by atoms with Crippen LogP contribution in [0.1, 0.15) is 53.9 Å². The van der Waals surface area contributed by atoms with Crippen LogP contribution in [0.2, 0.25) is 0 Å². The molecular formula is C16H31N3O. The van der Waals surface area contributed by atoms with E-state index in [4.69, 9.17) is 0 Å². The molecule has 0 aromatic heterocycles. The van der Waals surface area contributed by atoms with Gasteiger partial charge in [-0.05, 0) is 45.8 Å². The van der Waals surface area contributed by atoms with Gasteiger partial charge in [-0.25, -0.2) is 0 Å². The van der Waals surface area contributed by atoms with Crippen LogP contribution in [0, 0.1) is 16.7 Å². The van der Waals surface area contributed by atoms with E-state index in [0.717, 1.165) is 32.6 Å². The highest BCUT2D eigenvalue weighted by atomic mass is 16.2. The largest absolute Gasteiger partial charge is 0.342 e. The number of nitrogens with zero attached hydrogens (tertiary/aromatic N) is 3. The van der Waals surface area contributed by atoms with Gasteiger partial charge in [0.1, 0.15) is 5.41 Å². The van der Waals surface area contributed by atoms with E-state index in [2.05, 4.69) is 24.8 Å². The van der Waals surface area contributed by atoms with Crippen LogP contribution in [0.15, 0.2) is 0 Å². The van der Waals surface area contributed by atoms with Gasteiger partial charge in [0.2, 0.25) is 5.91 Å². The van der Waals surface area contributed by atoms with Crippen molar-refractivity contribution in [3.8, 4) is 6.07 Å². The summed E-state index contributed by atoms with van der Waals surface area (Å²) >= 11 is 0. The number of hydrogen-bond donors (Lipinski definition) is 0. The maximum absolute atomic E-state index is 12.6. The number of carbonyl (C=O) groups excluding carboxylic acids is 1. The van der Waals surface area contributed by atoms with E-state index in [1.54, 1.807) is 0 Å². The lowest BCUT2D eigenvalue weighted by Gasteiger charge is -2.31. The zero-order chi connectivity index (χ0) is 15.6. The SMILES string of the molecule is CCN(CC)CCCN(CC)C(=O)C(C#N)(CC)CC. The molecule has 0 saturated heterocycles. The van der Waals surface area contributed by atoms with Crippen molar-refractivity contribution in [2.24, 2.45) is 5.41 Å². The van der Waals surface area contributed by atoms with E-state index < -0.39 is 5.41 Å². The van der Waals surface area contributed by atoms with Gasteiger partial charge in [0.05, 0.1) is 6.07 Å². The van der Waals surface area contributed by atoms with Gasteiger partial charge in [-0.2, -0.15) is 5.26 Å². The maximum Gasteiger partial charge on any atom is 0.243 e. The monoisotopic (exact) mass is 281 g/mol. The number of amides is 1. The predicted octanol–water partition coefficient (Wildman–Crippen LogP) is 2.90. The van der Waals surface area contributed by atoms with Crippen molar-refractivity contribution in [3.63, 3.8) is 0 Å². The van der Waals surface area contributed by atoms with Gasteiger partial charge in [0.15, 0.2) is 0 Å². The Morgan fingerprint density at radius 1 is 1.00 bits per heavy atom. The first-order valence-electron chi connectivity index (χ1n) is 7.98. The Kier molecular flexibility index (Phi) is 9.24. The van der Waals surface area contributed by atoms with Crippen LogP contribution in [0.25, 0.3) is 0 Å². The van der Waals surface area contributed by atoms with E-state index in [9.17, 15) is 10.1 Å². The fourth-order valence-corrected chi connectivity index (χ4v) is 2.49. The summed E-state index contributed by atoms with van der Waals surface area (Å²) in [4.78, 5) is 16.8. The molecule has 0 bridgehead atoms. The van der Waals surface area contributed by atoms with Crippen molar-refractivity contribution in [2.45, 2.75) is 53.9 Å². The highest BCUT2D eigenvalue weighted by Crippen LogP contribution is 2.28. The van der Waals surface area contributed by atoms with Gasteiger partial charge in [-0.15, -0.1) is 0 Å². The molecule has 0 radical (unpaired) electrons. The second-order valence-corrected chi connectivity index (χ2v) is 5.17. The van der Waals surface area contributed by atoms with Crippen LogP contribution in [-0.4, -0.2) is 48.4 Å². The zero-order valence-electron chi connectivity index (χ0n) is 13.9. The fraction of sp³-hybridized carbons (Fsp3) is 0.875. The maximum atomic E-state index is 12.6. The molecule has 0 unspecified atom stereocenters. The van der Waals surface area contributed by atoms with Crippen molar-refractivity contribution < 1.29 is 4.79 Å². The molecule has 0 aromatic rings. The van der Waals surface area contributed by atoms with Crippen LogP contribution >= 0.6 is 0 Å². The molecule has 0 aliphatic rings. The summed E-state index contributed by atoms with van der Waals surface area (Å²) in [5.41, 5.74) is -0.828. The Bertz CT molecular complexity index is 314. The summed E-state index contributed by atoms with van der Waals surface area (Å²) in [6.45, 7) is 14.7. The van der Waals surface area contributed by atoms with E-state index in [1.807, 2.05) is 25.7 Å². The molecule has 0 saturated carbocycles. The molecule has 20 heavy (non-hydrogen) atoms. The van der Waals surface area contributed by atoms with E-state index >= 15 is 0 Å². The average Bonchev–Trinajstić information content (AvgIpc) is 2.50. The quantitative estimate of drug-likeness (QED) is 0.618. The molecule has 0 atom stereocenters. The smallest absolute Gasteiger partial charge is 0.243 e. The molecule has 0 N–H and O–H groups in total. The standard InChI is InChI=1S/C16H31N3O/c1-6-16(7-2,14-17)15(20)19(10-5)13-11-12-18(8-3)9-4/h6-13H2,1-5H3. The second-order valence-electron chi connectivity index (χ2n) is 5.17. The summed E-state index contributed by atoms with van der Waals surface area (Å²) in [5.74, 6) is 0.00652. The van der Waals surface area contributed by atoms with Gasteiger partial charge in [-0.1, -0.05) is 27.7 Å². The molecule has 0 aliphatic carbocycles. The Labute approximate surface area is 124 Å². The molecule has 4 heteroatoms. The van der Waals surface area contributed by atoms with Gasteiger partial charge in [-0.3, -0.25) is 4.79 Å². The van der Waals surface area contributed by atoms with Crippen molar-refractivity contribution in [1.29, 1.82) is 5.26 Å². The van der Waals surface area contributed by atoms with Crippen LogP contribution in [0.5, 0.6) is 0 Å². The normalized spacial score (nSPS) is 11.4. The van der Waals surface area contributed by atoms with Gasteiger partial charge >= 0.3 is 0 Å². The molecule has 0 rings (SSSR count). The van der Waals surface area contributed by atoms with Crippen LogP contribution in [0.3, 0.4) is 0 Å². The minimum Gasteiger partial charge on any atom is -0.342 e. The van der Waals surface area contributed by atoms with E-state index in [1.165, 1.54) is 0 Å². The summed E-state index contributed by atoms with van der Waals surface area (Å²) in [6.07, 6.45) is 2.15. The summed E-state index contributed by atoms with van der Waals surface area (Å²) in [6, 6.07) is 2.25. The second kappa shape index (κ2) is 9.77. The Morgan fingerprint density at radius 2 is 1.55 bits per heavy atom. The lowest BCUT2D eigenvalue weighted by molar-refractivity contribution is -0.139. The molecule has 0 spiro atoms. The van der Waals surface area contributed by atoms with Gasteiger partial charge in [0.25, 0.3) is 0 Å². The first-order chi connectivity index (χ1) is 9.54. The number of rotatable bonds is 10. The third-order valence-electron chi connectivity index (χ3n) is 4.30. The van der Waals surface area contributed by atoms with Crippen molar-refractivity contribution in [1.82, 2.24) is 9.80 Å². The summed E-state index contributed by atoms with van der Waals surface area (Å²) in [7, 11) is 0. The number of nitriles is 1. The highest BCUT2D eigenvalue weighted by molar-refractivity contribution is 5.85. The zero-order valence-corrected chi connectivity index (χ0v) is 13.9. The fourth-order valence-electron chi connectivity index (χ4n) is 2.49. The van der Waals surface area contributed by atoms with Crippen LogP contribution in [-0.2, 0) is 4.79 Å². The number of hydrogen-bond acceptors (Lipinski definition) is 3. The molecule has 0 aliphatic heterocycles. The van der Waals surface area contributed by atoms with E-state index in [0.29, 0.717) is 19.4 Å². The van der Waals surface area contributed by atoms with Crippen molar-refractivity contribution in [3.05, 3.63) is 0 Å². The lowest BCUT2D eigenvalue weighted by atomic mass is 9.82. The number of carbonyl (C=O) groups is 1. The molecule has 0 heterocycles. The summed E-state index contributed by atoms with van der Waals surface area (Å²) < 4.78 is 0. The van der Waals surface area contributed by atoms with Crippen molar-refractivity contribution in [2.75, 3.05) is 32.7 Å². The van der Waals surface area contributed by atoms with E-state index in [-0.39, 0.29) is 5.91 Å². The molecular weight excluding hydrogens is 250 g/mol. The third-order valence-corrected chi connectivity index (χ3v) is 4.30. The minimum absolute atomic E-state index is 0.00652. The average molecular weight is 281 g/mol. The predicted molar refractivity (Wildman–Crippen MR) is 83.3 cm³/mol. The van der Waals surface area contributed by atoms with Crippen LogP contribution in [0.4, 0.5) is 0 Å². The molecule has 0 fully saturated rings. The Hall–Kier alpha value is -1.08. The summed E-state index contributed by atoms with van der Waals surface area (Å²) in [5, 5.41) is 9.38. The minimum atomic E-state index is -0.828. The molecule has 116 valence electrons. The van der Waals surface area contributed by atoms with Gasteiger partial charge < -0.3 is 9.80 Å². The molecule has 1 amide bonds. The topological polar surface area (TPSA) is 47.3 Å². The Morgan fingerprint density at radius 3 is 1.90 bits per heavy atom. The molecule has 4 nitrogen and oxygen atoms in total. The lowest BCUT2D eigenvalue weighted by Crippen LogP contribution is -2.44. The van der Waals surface area contributed by atoms with Crippen LogP contribution < -0.4 is 0 Å². The van der Waals surface area contributed by atoms with Crippen molar-refractivity contribution >= 4 is 5.91 Å². The third kappa shape index (κ3) is 4.79.